The van der Waals surface area contributed by atoms with Crippen molar-refractivity contribution in [3.8, 4) is 0 Å². The van der Waals surface area contributed by atoms with E-state index >= 15 is 0 Å². The van der Waals surface area contributed by atoms with Crippen LogP contribution in [0.25, 0.3) is 0 Å². The molecule has 0 atom stereocenters. The summed E-state index contributed by atoms with van der Waals surface area (Å²) >= 11 is 0. The smallest absolute Gasteiger partial charge is 0.355 e. The third-order valence-electron chi connectivity index (χ3n) is 7.27. The van der Waals surface area contributed by atoms with Crippen molar-refractivity contribution in [2.24, 2.45) is 0 Å². The van der Waals surface area contributed by atoms with Crippen LogP contribution in [0.3, 0.4) is 0 Å². The second-order valence-electron chi connectivity index (χ2n) is 10.4. The molecule has 4 amide bonds. The molecule has 3 aromatic carbocycles. The molecular weight excluding hydrogens is 547 g/mol. The fourth-order valence-corrected chi connectivity index (χ4v) is 4.97. The predicted molar refractivity (Wildman–Crippen MR) is 142 cm³/mol. The Bertz CT molecular complexity index is 1540. The van der Waals surface area contributed by atoms with Gasteiger partial charge in [-0.05, 0) is 80.4 Å². The first-order valence-electron chi connectivity index (χ1n) is 12.8. The SMILES string of the molecule is CC1(C)C(=O)N(c2ccc(F)c(C(F)(F)F)c2)C(=O)N1Cc1ccc(F)cc1Nc1ccc(N2CCCC2=O)cc1. The lowest BCUT2D eigenvalue weighted by Gasteiger charge is -2.28. The largest absolute Gasteiger partial charge is 0.419 e. The summed E-state index contributed by atoms with van der Waals surface area (Å²) in [5.74, 6) is -2.86. The third kappa shape index (κ3) is 5.21. The highest BCUT2D eigenvalue weighted by atomic mass is 19.4. The van der Waals surface area contributed by atoms with Gasteiger partial charge in [-0.25, -0.2) is 18.5 Å². The van der Waals surface area contributed by atoms with E-state index in [0.29, 0.717) is 46.9 Å². The fourth-order valence-electron chi connectivity index (χ4n) is 4.97. The number of halogens is 5. The number of benzene rings is 3. The topological polar surface area (TPSA) is 73.0 Å². The molecule has 0 saturated carbocycles. The average Bonchev–Trinajstić information content (AvgIpc) is 3.40. The maximum Gasteiger partial charge on any atom is 0.419 e. The van der Waals surface area contributed by atoms with Gasteiger partial charge in [0.05, 0.1) is 17.8 Å². The molecule has 0 unspecified atom stereocenters. The highest BCUT2D eigenvalue weighted by Crippen LogP contribution is 2.38. The third-order valence-corrected chi connectivity index (χ3v) is 7.27. The lowest BCUT2D eigenvalue weighted by Crippen LogP contribution is -2.43. The van der Waals surface area contributed by atoms with Crippen molar-refractivity contribution in [2.75, 3.05) is 21.7 Å². The van der Waals surface area contributed by atoms with Crippen molar-refractivity contribution < 1.29 is 36.3 Å². The van der Waals surface area contributed by atoms with E-state index in [-0.39, 0.29) is 12.5 Å². The number of hydrogen-bond acceptors (Lipinski definition) is 4. The van der Waals surface area contributed by atoms with Gasteiger partial charge in [-0.15, -0.1) is 0 Å². The molecule has 2 aliphatic rings. The second kappa shape index (κ2) is 10.2. The standard InChI is InChI=1S/C29H25F5N4O3/c1-28(2)26(40)38(21-11-12-23(31)22(15-21)29(32,33)34)27(41)37(28)16-17-5-6-18(30)14-24(17)35-19-7-9-20(10-8-19)36-13-3-4-25(36)39/h5-12,14-15,35H,3-4,13,16H2,1-2H3. The lowest BCUT2D eigenvalue weighted by molar-refractivity contribution is -0.140. The van der Waals surface area contributed by atoms with E-state index in [9.17, 15) is 36.3 Å². The van der Waals surface area contributed by atoms with Crippen LogP contribution >= 0.6 is 0 Å². The number of carbonyl (C=O) groups is 3. The number of rotatable bonds is 6. The number of nitrogens with zero attached hydrogens (tertiary/aromatic N) is 3. The summed E-state index contributed by atoms with van der Waals surface area (Å²) in [6.07, 6.45) is -3.76. The highest BCUT2D eigenvalue weighted by Gasteiger charge is 2.52. The van der Waals surface area contributed by atoms with E-state index in [4.69, 9.17) is 0 Å². The molecule has 0 radical (unpaired) electrons. The highest BCUT2D eigenvalue weighted by molar-refractivity contribution is 6.23. The normalized spacial score (nSPS) is 17.1. The van der Waals surface area contributed by atoms with Crippen molar-refractivity contribution in [1.82, 2.24) is 4.90 Å². The van der Waals surface area contributed by atoms with Gasteiger partial charge in [-0.1, -0.05) is 6.07 Å². The molecule has 0 aliphatic carbocycles. The lowest BCUT2D eigenvalue weighted by atomic mass is 10.0. The number of alkyl halides is 3. The Morgan fingerprint density at radius 3 is 2.22 bits per heavy atom. The first-order chi connectivity index (χ1) is 19.3. The van der Waals surface area contributed by atoms with Crippen LogP contribution in [0.1, 0.15) is 37.8 Å². The van der Waals surface area contributed by atoms with Crippen LogP contribution in [0.2, 0.25) is 0 Å². The maximum absolute atomic E-state index is 14.3. The van der Waals surface area contributed by atoms with Crippen LogP contribution < -0.4 is 15.1 Å². The van der Waals surface area contributed by atoms with E-state index in [1.807, 2.05) is 0 Å². The number of carbonyl (C=O) groups excluding carboxylic acids is 3. The Morgan fingerprint density at radius 1 is 0.902 bits per heavy atom. The number of urea groups is 1. The summed E-state index contributed by atoms with van der Waals surface area (Å²) in [4.78, 5) is 42.2. The molecule has 0 spiro atoms. The molecule has 0 aromatic heterocycles. The zero-order chi connectivity index (χ0) is 29.7. The van der Waals surface area contributed by atoms with Crippen molar-refractivity contribution in [1.29, 1.82) is 0 Å². The molecular formula is C29H25F5N4O3. The molecule has 2 heterocycles. The number of nitrogens with one attached hydrogen (secondary N) is 1. The molecule has 2 saturated heterocycles. The van der Waals surface area contributed by atoms with Crippen LogP contribution in [0.5, 0.6) is 0 Å². The van der Waals surface area contributed by atoms with Crippen molar-refractivity contribution in [2.45, 2.75) is 44.9 Å². The van der Waals surface area contributed by atoms with Crippen molar-refractivity contribution in [3.05, 3.63) is 83.4 Å². The molecule has 0 bridgehead atoms. The molecule has 1 N–H and O–H groups in total. The number of imide groups is 1. The van der Waals surface area contributed by atoms with Gasteiger partial charge in [0, 0.05) is 30.0 Å². The van der Waals surface area contributed by atoms with E-state index in [1.165, 1.54) is 32.0 Å². The summed E-state index contributed by atoms with van der Waals surface area (Å²) < 4.78 is 68.0. The summed E-state index contributed by atoms with van der Waals surface area (Å²) in [5, 5.41) is 3.10. The Hall–Kier alpha value is -4.48. The molecule has 5 rings (SSSR count). The molecule has 214 valence electrons. The monoisotopic (exact) mass is 572 g/mol. The zero-order valence-corrected chi connectivity index (χ0v) is 22.1. The minimum absolute atomic E-state index is 0.0369. The van der Waals surface area contributed by atoms with Crippen LogP contribution in [-0.4, -0.2) is 34.8 Å². The van der Waals surface area contributed by atoms with E-state index in [2.05, 4.69) is 5.32 Å². The maximum atomic E-state index is 14.3. The molecule has 41 heavy (non-hydrogen) atoms. The zero-order valence-electron chi connectivity index (χ0n) is 22.1. The summed E-state index contributed by atoms with van der Waals surface area (Å²) in [7, 11) is 0. The van der Waals surface area contributed by atoms with E-state index in [1.54, 1.807) is 29.2 Å². The predicted octanol–water partition coefficient (Wildman–Crippen LogP) is 6.60. The van der Waals surface area contributed by atoms with Crippen molar-refractivity contribution >= 4 is 40.6 Å². The van der Waals surface area contributed by atoms with Gasteiger partial charge in [-0.2, -0.15) is 13.2 Å². The first-order valence-corrected chi connectivity index (χ1v) is 12.8. The molecule has 7 nitrogen and oxygen atoms in total. The summed E-state index contributed by atoms with van der Waals surface area (Å²) in [6.45, 7) is 3.32. The molecule has 3 aromatic rings. The van der Waals surface area contributed by atoms with Gasteiger partial charge in [0.1, 0.15) is 17.2 Å². The van der Waals surface area contributed by atoms with Crippen molar-refractivity contribution in [3.63, 3.8) is 0 Å². The second-order valence-corrected chi connectivity index (χ2v) is 10.4. The van der Waals surface area contributed by atoms with Gasteiger partial charge in [-0.3, -0.25) is 9.59 Å². The number of amides is 4. The minimum Gasteiger partial charge on any atom is -0.355 e. The molecule has 2 aliphatic heterocycles. The van der Waals surface area contributed by atoms with E-state index in [0.717, 1.165) is 23.1 Å². The van der Waals surface area contributed by atoms with Gasteiger partial charge in [0.25, 0.3) is 5.91 Å². The Morgan fingerprint density at radius 2 is 1.59 bits per heavy atom. The average molecular weight is 573 g/mol. The quantitative estimate of drug-likeness (QED) is 0.267. The van der Waals surface area contributed by atoms with Gasteiger partial charge < -0.3 is 15.1 Å². The van der Waals surface area contributed by atoms with Crippen LogP contribution in [0, 0.1) is 11.6 Å². The molecule has 2 fully saturated rings. The Kier molecular flexibility index (Phi) is 6.96. The number of anilines is 4. The minimum atomic E-state index is -5.03. The summed E-state index contributed by atoms with van der Waals surface area (Å²) in [6, 6.07) is 11.8. The van der Waals surface area contributed by atoms with Crippen LogP contribution in [0.4, 0.5) is 49.5 Å². The van der Waals surface area contributed by atoms with Gasteiger partial charge in [0.2, 0.25) is 5.91 Å². The van der Waals surface area contributed by atoms with Gasteiger partial charge >= 0.3 is 12.2 Å². The van der Waals surface area contributed by atoms with E-state index < -0.39 is 46.5 Å². The number of hydrogen-bond donors (Lipinski definition) is 1. The molecule has 12 heteroatoms. The van der Waals surface area contributed by atoms with Crippen LogP contribution in [0.15, 0.2) is 60.7 Å². The Balaban J connectivity index is 1.42. The Labute approximate surface area is 232 Å². The van der Waals surface area contributed by atoms with Crippen LogP contribution in [-0.2, 0) is 22.3 Å². The summed E-state index contributed by atoms with van der Waals surface area (Å²) in [5.41, 5.74) is -1.48. The first kappa shape index (κ1) is 28.1. The fraction of sp³-hybridized carbons (Fsp3) is 0.276. The van der Waals surface area contributed by atoms with Gasteiger partial charge in [0.15, 0.2) is 0 Å².